The SMILES string of the molecule is CC(C)(C)C(=O)N1CCC(C(=O)NC(c2ccc3c(c2)CCCC3)c2cccs2)CC1. The number of piperidine rings is 1. The van der Waals surface area contributed by atoms with Crippen LogP contribution >= 0.6 is 11.3 Å². The van der Waals surface area contributed by atoms with Crippen molar-refractivity contribution >= 4 is 23.2 Å². The van der Waals surface area contributed by atoms with Crippen molar-refractivity contribution in [2.45, 2.75) is 65.3 Å². The van der Waals surface area contributed by atoms with Crippen molar-refractivity contribution in [2.24, 2.45) is 11.3 Å². The van der Waals surface area contributed by atoms with Crippen LogP contribution in [0.3, 0.4) is 0 Å². The van der Waals surface area contributed by atoms with Crippen LogP contribution in [-0.2, 0) is 22.4 Å². The third-order valence-corrected chi connectivity index (χ3v) is 7.55. The Bertz CT molecular complexity index is 921. The van der Waals surface area contributed by atoms with Crippen LogP contribution in [0, 0.1) is 11.3 Å². The van der Waals surface area contributed by atoms with Crippen LogP contribution in [0.4, 0.5) is 0 Å². The van der Waals surface area contributed by atoms with Crippen LogP contribution in [0.2, 0.25) is 0 Å². The summed E-state index contributed by atoms with van der Waals surface area (Å²) in [5, 5.41) is 5.43. The van der Waals surface area contributed by atoms with Crippen molar-refractivity contribution in [1.29, 1.82) is 0 Å². The summed E-state index contributed by atoms with van der Waals surface area (Å²) in [6.07, 6.45) is 6.28. The molecule has 0 bridgehead atoms. The van der Waals surface area contributed by atoms with Crippen molar-refractivity contribution in [1.82, 2.24) is 10.2 Å². The van der Waals surface area contributed by atoms with Gasteiger partial charge in [-0.25, -0.2) is 0 Å². The van der Waals surface area contributed by atoms with Gasteiger partial charge in [-0.15, -0.1) is 11.3 Å². The average Bonchev–Trinajstić information content (AvgIpc) is 3.30. The molecule has 4 rings (SSSR count). The van der Waals surface area contributed by atoms with E-state index in [1.165, 1.54) is 34.4 Å². The fraction of sp³-hybridized carbons (Fsp3) is 0.538. The molecule has 1 fully saturated rings. The number of rotatable bonds is 4. The molecular weight excluding hydrogens is 404 g/mol. The van der Waals surface area contributed by atoms with Crippen LogP contribution in [0.25, 0.3) is 0 Å². The summed E-state index contributed by atoms with van der Waals surface area (Å²) in [5.41, 5.74) is 3.71. The van der Waals surface area contributed by atoms with Crippen LogP contribution in [0.5, 0.6) is 0 Å². The summed E-state index contributed by atoms with van der Waals surface area (Å²) in [5.74, 6) is 0.250. The second-order valence-corrected chi connectivity index (χ2v) is 11.0. The van der Waals surface area contributed by atoms with Crippen LogP contribution in [0.15, 0.2) is 35.7 Å². The molecule has 1 saturated heterocycles. The Labute approximate surface area is 190 Å². The van der Waals surface area contributed by atoms with Gasteiger partial charge >= 0.3 is 0 Å². The number of fused-ring (bicyclic) bond motifs is 1. The number of benzene rings is 1. The Balaban J connectivity index is 1.46. The normalized spacial score (nSPS) is 18.4. The Morgan fingerprint density at radius 1 is 1.06 bits per heavy atom. The number of likely N-dealkylation sites (tertiary alicyclic amines) is 1. The Morgan fingerprint density at radius 2 is 1.77 bits per heavy atom. The molecule has 0 radical (unpaired) electrons. The van der Waals surface area contributed by atoms with Crippen LogP contribution < -0.4 is 5.32 Å². The summed E-state index contributed by atoms with van der Waals surface area (Å²) >= 11 is 1.69. The van der Waals surface area contributed by atoms with E-state index in [4.69, 9.17) is 0 Å². The van der Waals surface area contributed by atoms with Gasteiger partial charge in [-0.1, -0.05) is 45.0 Å². The lowest BCUT2D eigenvalue weighted by Gasteiger charge is -2.35. The molecule has 1 aromatic heterocycles. The summed E-state index contributed by atoms with van der Waals surface area (Å²) in [6, 6.07) is 10.8. The molecule has 2 amide bonds. The van der Waals surface area contributed by atoms with Gasteiger partial charge in [-0.3, -0.25) is 9.59 Å². The minimum atomic E-state index is -0.369. The van der Waals surface area contributed by atoms with Crippen LogP contribution in [-0.4, -0.2) is 29.8 Å². The highest BCUT2D eigenvalue weighted by Crippen LogP contribution is 2.31. The molecule has 2 heterocycles. The summed E-state index contributed by atoms with van der Waals surface area (Å²) in [4.78, 5) is 28.9. The van der Waals surface area contributed by atoms with Crippen molar-refractivity contribution < 1.29 is 9.59 Å². The Hall–Kier alpha value is -2.14. The molecule has 166 valence electrons. The highest BCUT2D eigenvalue weighted by Gasteiger charge is 2.33. The maximum Gasteiger partial charge on any atom is 0.227 e. The third-order valence-electron chi connectivity index (χ3n) is 6.61. The van der Waals surface area contributed by atoms with E-state index >= 15 is 0 Å². The molecule has 1 N–H and O–H groups in total. The Kier molecular flexibility index (Phi) is 6.52. The zero-order valence-electron chi connectivity index (χ0n) is 18.9. The first-order valence-electron chi connectivity index (χ1n) is 11.6. The van der Waals surface area contributed by atoms with Gasteiger partial charge in [-0.05, 0) is 66.7 Å². The smallest absolute Gasteiger partial charge is 0.227 e. The largest absolute Gasteiger partial charge is 0.344 e. The molecule has 1 aromatic carbocycles. The van der Waals surface area contributed by atoms with E-state index in [0.29, 0.717) is 13.1 Å². The van der Waals surface area contributed by atoms with Gasteiger partial charge in [0.1, 0.15) is 0 Å². The zero-order valence-corrected chi connectivity index (χ0v) is 19.8. The second kappa shape index (κ2) is 9.15. The molecule has 2 aromatic rings. The summed E-state index contributed by atoms with van der Waals surface area (Å²) < 4.78 is 0. The van der Waals surface area contributed by atoms with Crippen molar-refractivity contribution in [3.05, 3.63) is 57.3 Å². The monoisotopic (exact) mass is 438 g/mol. The first kappa shape index (κ1) is 22.1. The Morgan fingerprint density at radius 3 is 2.42 bits per heavy atom. The van der Waals surface area contributed by atoms with Gasteiger partial charge < -0.3 is 10.2 Å². The molecule has 0 spiro atoms. The molecule has 1 unspecified atom stereocenters. The molecule has 31 heavy (non-hydrogen) atoms. The standard InChI is InChI=1S/C26H34N2O2S/c1-26(2,3)25(30)28-14-12-19(13-15-28)24(29)27-23(22-9-6-16-31-22)21-11-10-18-7-4-5-8-20(18)17-21/h6,9-11,16-17,19,23H,4-5,7-8,12-15H2,1-3H3,(H,27,29). The topological polar surface area (TPSA) is 49.4 Å². The lowest BCUT2D eigenvalue weighted by Crippen LogP contribution is -2.47. The maximum atomic E-state index is 13.2. The van der Waals surface area contributed by atoms with E-state index in [1.807, 2.05) is 31.7 Å². The molecule has 5 heteroatoms. The van der Waals surface area contributed by atoms with Crippen molar-refractivity contribution in [2.75, 3.05) is 13.1 Å². The lowest BCUT2D eigenvalue weighted by molar-refractivity contribution is -0.142. The molecule has 1 atom stereocenters. The van der Waals surface area contributed by atoms with E-state index < -0.39 is 0 Å². The number of carbonyl (C=O) groups is 2. The second-order valence-electron chi connectivity index (χ2n) is 10.0. The van der Waals surface area contributed by atoms with Gasteiger partial charge in [0.05, 0.1) is 6.04 Å². The number of aryl methyl sites for hydroxylation is 2. The van der Waals surface area contributed by atoms with Gasteiger partial charge in [-0.2, -0.15) is 0 Å². The third kappa shape index (κ3) is 5.03. The molecule has 4 nitrogen and oxygen atoms in total. The molecule has 1 aliphatic heterocycles. The van der Waals surface area contributed by atoms with E-state index in [2.05, 4.69) is 35.0 Å². The van der Waals surface area contributed by atoms with Crippen LogP contribution in [0.1, 0.15) is 74.1 Å². The van der Waals surface area contributed by atoms with E-state index in [-0.39, 0.29) is 29.2 Å². The highest BCUT2D eigenvalue weighted by atomic mass is 32.1. The van der Waals surface area contributed by atoms with Crippen molar-refractivity contribution in [3.63, 3.8) is 0 Å². The fourth-order valence-electron chi connectivity index (χ4n) is 4.79. The molecule has 2 aliphatic rings. The van der Waals surface area contributed by atoms with E-state index in [1.54, 1.807) is 11.3 Å². The highest BCUT2D eigenvalue weighted by molar-refractivity contribution is 7.10. The number of carbonyl (C=O) groups excluding carboxylic acids is 2. The van der Waals surface area contributed by atoms with E-state index in [9.17, 15) is 9.59 Å². The van der Waals surface area contributed by atoms with Gasteiger partial charge in [0, 0.05) is 29.3 Å². The predicted molar refractivity (Wildman–Crippen MR) is 126 cm³/mol. The quantitative estimate of drug-likeness (QED) is 0.720. The number of amides is 2. The minimum Gasteiger partial charge on any atom is -0.344 e. The number of nitrogens with one attached hydrogen (secondary N) is 1. The lowest BCUT2D eigenvalue weighted by atomic mass is 9.88. The zero-order chi connectivity index (χ0) is 22.0. The number of hydrogen-bond acceptors (Lipinski definition) is 3. The van der Waals surface area contributed by atoms with Crippen molar-refractivity contribution in [3.8, 4) is 0 Å². The molecular formula is C26H34N2O2S. The first-order chi connectivity index (χ1) is 14.8. The number of thiophene rings is 1. The van der Waals surface area contributed by atoms with Gasteiger partial charge in [0.15, 0.2) is 0 Å². The molecule has 1 aliphatic carbocycles. The predicted octanol–water partition coefficient (Wildman–Crippen LogP) is 5.12. The first-order valence-corrected chi connectivity index (χ1v) is 12.5. The fourth-order valence-corrected chi connectivity index (χ4v) is 5.59. The molecule has 0 saturated carbocycles. The average molecular weight is 439 g/mol. The minimum absolute atomic E-state index is 0.0379. The van der Waals surface area contributed by atoms with Gasteiger partial charge in [0.25, 0.3) is 0 Å². The maximum absolute atomic E-state index is 13.2. The summed E-state index contributed by atoms with van der Waals surface area (Å²) in [6.45, 7) is 7.20. The van der Waals surface area contributed by atoms with Gasteiger partial charge in [0.2, 0.25) is 11.8 Å². The number of hydrogen-bond donors (Lipinski definition) is 1. The van der Waals surface area contributed by atoms with E-state index in [0.717, 1.165) is 25.7 Å². The number of nitrogens with zero attached hydrogens (tertiary/aromatic N) is 1. The summed E-state index contributed by atoms with van der Waals surface area (Å²) in [7, 11) is 0.